The monoisotopic (exact) mass is 383 g/mol. The zero-order chi connectivity index (χ0) is 19.4. The number of urea groups is 1. The minimum absolute atomic E-state index is 0.389. The number of aromatic nitrogens is 1. The molecule has 0 bridgehead atoms. The van der Waals surface area contributed by atoms with Crippen molar-refractivity contribution in [1.29, 1.82) is 0 Å². The second-order valence-electron chi connectivity index (χ2n) is 5.98. The molecule has 0 saturated carbocycles. The van der Waals surface area contributed by atoms with Crippen LogP contribution in [0.1, 0.15) is 11.1 Å². The molecule has 0 unspecified atom stereocenters. The summed E-state index contributed by atoms with van der Waals surface area (Å²) in [7, 11) is 3.11. The third kappa shape index (κ3) is 4.38. The van der Waals surface area contributed by atoms with E-state index in [1.54, 1.807) is 25.3 Å². The number of aryl methyl sites for hydroxylation is 2. The van der Waals surface area contributed by atoms with Crippen molar-refractivity contribution >= 4 is 28.2 Å². The smallest absolute Gasteiger partial charge is 0.325 e. The number of nitrogens with one attached hydrogen (secondary N) is 2. The van der Waals surface area contributed by atoms with Gasteiger partial charge in [-0.1, -0.05) is 12.1 Å². The van der Waals surface area contributed by atoms with E-state index in [0.717, 1.165) is 11.3 Å². The third-order valence-electron chi connectivity index (χ3n) is 4.18. The summed E-state index contributed by atoms with van der Waals surface area (Å²) < 4.78 is 10.4. The summed E-state index contributed by atoms with van der Waals surface area (Å²) in [6, 6.07) is 11.0. The lowest BCUT2D eigenvalue weighted by atomic mass is 10.1. The summed E-state index contributed by atoms with van der Waals surface area (Å²) in [5, 5.41) is 7.97. The summed E-state index contributed by atoms with van der Waals surface area (Å²) in [5.74, 6) is 1.16. The summed E-state index contributed by atoms with van der Waals surface area (Å²) >= 11 is 1.38. The van der Waals surface area contributed by atoms with Gasteiger partial charge in [0.25, 0.3) is 0 Å². The average molecular weight is 383 g/mol. The molecule has 0 atom stereocenters. The van der Waals surface area contributed by atoms with Crippen molar-refractivity contribution in [1.82, 2.24) is 4.98 Å². The number of rotatable bonds is 5. The van der Waals surface area contributed by atoms with E-state index in [-0.39, 0.29) is 6.03 Å². The largest absolute Gasteiger partial charge is 0.497 e. The van der Waals surface area contributed by atoms with E-state index in [2.05, 4.69) is 41.6 Å². The first-order chi connectivity index (χ1) is 13.0. The predicted octanol–water partition coefficient (Wildman–Crippen LogP) is 5.09. The van der Waals surface area contributed by atoms with Crippen LogP contribution in [0, 0.1) is 13.8 Å². The number of anilines is 2. The SMILES string of the molecule is COc1ccc(NC(=O)Nc2nc(-c3ccc(C)c(C)c3)cs2)c(OC)c1. The number of amides is 2. The molecule has 0 saturated heterocycles. The van der Waals surface area contributed by atoms with Gasteiger partial charge in [0, 0.05) is 17.0 Å². The van der Waals surface area contributed by atoms with Gasteiger partial charge in [0.1, 0.15) is 11.5 Å². The molecule has 0 radical (unpaired) electrons. The normalized spacial score (nSPS) is 10.4. The quantitative estimate of drug-likeness (QED) is 0.644. The summed E-state index contributed by atoms with van der Waals surface area (Å²) in [5.41, 5.74) is 4.85. The van der Waals surface area contributed by atoms with E-state index in [0.29, 0.717) is 22.3 Å². The molecule has 1 aromatic heterocycles. The molecular formula is C20H21N3O3S. The minimum atomic E-state index is -0.389. The maximum atomic E-state index is 12.3. The van der Waals surface area contributed by atoms with Crippen LogP contribution in [0.3, 0.4) is 0 Å². The van der Waals surface area contributed by atoms with Crippen molar-refractivity contribution in [2.45, 2.75) is 13.8 Å². The Balaban J connectivity index is 1.70. The van der Waals surface area contributed by atoms with Crippen LogP contribution in [0.5, 0.6) is 11.5 Å². The van der Waals surface area contributed by atoms with E-state index in [1.165, 1.54) is 29.6 Å². The maximum absolute atomic E-state index is 12.3. The van der Waals surface area contributed by atoms with Gasteiger partial charge in [-0.2, -0.15) is 0 Å². The minimum Gasteiger partial charge on any atom is -0.497 e. The summed E-state index contributed by atoms with van der Waals surface area (Å²) in [6.45, 7) is 4.14. The first-order valence-corrected chi connectivity index (χ1v) is 9.21. The summed E-state index contributed by atoms with van der Waals surface area (Å²) in [4.78, 5) is 16.8. The van der Waals surface area contributed by atoms with Crippen molar-refractivity contribution in [3.8, 4) is 22.8 Å². The first kappa shape index (κ1) is 18.7. The van der Waals surface area contributed by atoms with Gasteiger partial charge in [-0.15, -0.1) is 11.3 Å². The number of methoxy groups -OCH3 is 2. The molecule has 27 heavy (non-hydrogen) atoms. The van der Waals surface area contributed by atoms with Crippen molar-refractivity contribution in [2.24, 2.45) is 0 Å². The first-order valence-electron chi connectivity index (χ1n) is 8.33. The van der Waals surface area contributed by atoms with E-state index >= 15 is 0 Å². The van der Waals surface area contributed by atoms with E-state index in [1.807, 2.05) is 11.4 Å². The van der Waals surface area contributed by atoms with Gasteiger partial charge >= 0.3 is 6.03 Å². The Morgan fingerprint density at radius 3 is 2.52 bits per heavy atom. The molecule has 140 valence electrons. The molecule has 6 nitrogen and oxygen atoms in total. The van der Waals surface area contributed by atoms with Gasteiger partial charge in [0.2, 0.25) is 0 Å². The van der Waals surface area contributed by atoms with E-state index < -0.39 is 0 Å². The van der Waals surface area contributed by atoms with Crippen LogP contribution in [-0.4, -0.2) is 25.2 Å². The third-order valence-corrected chi connectivity index (χ3v) is 4.94. The Morgan fingerprint density at radius 2 is 1.81 bits per heavy atom. The van der Waals surface area contributed by atoms with Crippen LogP contribution >= 0.6 is 11.3 Å². The molecule has 7 heteroatoms. The van der Waals surface area contributed by atoms with E-state index in [4.69, 9.17) is 9.47 Å². The van der Waals surface area contributed by atoms with Crippen LogP contribution in [0.15, 0.2) is 41.8 Å². The Morgan fingerprint density at radius 1 is 1.00 bits per heavy atom. The van der Waals surface area contributed by atoms with Gasteiger partial charge in [-0.25, -0.2) is 9.78 Å². The van der Waals surface area contributed by atoms with Crippen molar-refractivity contribution < 1.29 is 14.3 Å². The van der Waals surface area contributed by atoms with Crippen molar-refractivity contribution in [3.05, 3.63) is 52.9 Å². The van der Waals surface area contributed by atoms with Gasteiger partial charge in [-0.05, 0) is 43.2 Å². The topological polar surface area (TPSA) is 72.5 Å². The van der Waals surface area contributed by atoms with Crippen LogP contribution in [0.25, 0.3) is 11.3 Å². The molecule has 2 amide bonds. The molecule has 0 fully saturated rings. The van der Waals surface area contributed by atoms with Crippen LogP contribution in [-0.2, 0) is 0 Å². The lowest BCUT2D eigenvalue weighted by molar-refractivity contribution is 0.262. The number of hydrogen-bond donors (Lipinski definition) is 2. The molecule has 0 aliphatic heterocycles. The van der Waals surface area contributed by atoms with Crippen LogP contribution < -0.4 is 20.1 Å². The van der Waals surface area contributed by atoms with Gasteiger partial charge in [0.05, 0.1) is 25.6 Å². The second kappa shape index (κ2) is 8.09. The molecule has 1 heterocycles. The highest BCUT2D eigenvalue weighted by atomic mass is 32.1. The molecule has 2 N–H and O–H groups in total. The molecule has 0 spiro atoms. The zero-order valence-corrected chi connectivity index (χ0v) is 16.4. The fourth-order valence-corrected chi connectivity index (χ4v) is 3.23. The Labute approximate surface area is 162 Å². The molecule has 0 aliphatic carbocycles. The number of carbonyl (C=O) groups is 1. The molecular weight excluding hydrogens is 362 g/mol. The highest BCUT2D eigenvalue weighted by Crippen LogP contribution is 2.30. The Hall–Kier alpha value is -3.06. The van der Waals surface area contributed by atoms with Crippen molar-refractivity contribution in [3.63, 3.8) is 0 Å². The van der Waals surface area contributed by atoms with Gasteiger partial charge < -0.3 is 14.8 Å². The number of hydrogen-bond acceptors (Lipinski definition) is 5. The molecule has 2 aromatic carbocycles. The maximum Gasteiger partial charge on any atom is 0.325 e. The van der Waals surface area contributed by atoms with Crippen molar-refractivity contribution in [2.75, 3.05) is 24.9 Å². The lowest BCUT2D eigenvalue weighted by Crippen LogP contribution is -2.19. The number of benzene rings is 2. The Bertz CT molecular complexity index is 969. The van der Waals surface area contributed by atoms with E-state index in [9.17, 15) is 4.79 Å². The fourth-order valence-electron chi connectivity index (χ4n) is 2.52. The van der Waals surface area contributed by atoms with Crippen LogP contribution in [0.4, 0.5) is 15.6 Å². The average Bonchev–Trinajstić information content (AvgIpc) is 3.12. The van der Waals surface area contributed by atoms with Gasteiger partial charge in [0.15, 0.2) is 5.13 Å². The molecule has 3 rings (SSSR count). The number of thiazole rings is 1. The predicted molar refractivity (Wildman–Crippen MR) is 109 cm³/mol. The summed E-state index contributed by atoms with van der Waals surface area (Å²) in [6.07, 6.45) is 0. The number of carbonyl (C=O) groups excluding carboxylic acids is 1. The van der Waals surface area contributed by atoms with Gasteiger partial charge in [-0.3, -0.25) is 5.32 Å². The molecule has 0 aliphatic rings. The zero-order valence-electron chi connectivity index (χ0n) is 15.6. The second-order valence-corrected chi connectivity index (χ2v) is 6.84. The lowest BCUT2D eigenvalue weighted by Gasteiger charge is -2.11. The number of nitrogens with zero attached hydrogens (tertiary/aromatic N) is 1. The highest BCUT2D eigenvalue weighted by Gasteiger charge is 2.12. The van der Waals surface area contributed by atoms with Crippen LogP contribution in [0.2, 0.25) is 0 Å². The molecule has 3 aromatic rings. The standard InChI is InChI=1S/C20H21N3O3S/c1-12-5-6-14(9-13(12)2)17-11-27-20(22-17)23-19(24)21-16-8-7-15(25-3)10-18(16)26-4/h5-11H,1-4H3,(H2,21,22,23,24). The Kier molecular flexibility index (Phi) is 5.61. The fraction of sp³-hybridized carbons (Fsp3) is 0.200. The highest BCUT2D eigenvalue weighted by molar-refractivity contribution is 7.14. The number of ether oxygens (including phenoxy) is 2.